The van der Waals surface area contributed by atoms with Gasteiger partial charge in [-0.3, -0.25) is 9.59 Å². The Kier molecular flexibility index (Phi) is 51.2. The van der Waals surface area contributed by atoms with Gasteiger partial charge in [-0.25, -0.2) is 0 Å². The maximum absolute atomic E-state index is 10.3. The summed E-state index contributed by atoms with van der Waals surface area (Å²) in [5.41, 5.74) is 0. The first kappa shape index (κ1) is 51.2. The Balaban J connectivity index is -0.000000689. The highest BCUT2D eigenvalue weighted by molar-refractivity contribution is 5.66. The topological polar surface area (TPSA) is 115 Å². The monoisotopic (exact) mass is 687 g/mol. The third-order valence-electron chi connectivity index (χ3n) is 9.05. The summed E-state index contributed by atoms with van der Waals surface area (Å²) in [6.07, 6.45) is 43.0. The number of carbonyl (C=O) groups is 2. The number of aliphatic carboxylic acids is 2. The van der Waals surface area contributed by atoms with Crippen molar-refractivity contribution in [2.24, 2.45) is 0 Å². The molecule has 0 amide bonds. The third-order valence-corrected chi connectivity index (χ3v) is 9.05. The lowest BCUT2D eigenvalue weighted by atomic mass is 10.0. The van der Waals surface area contributed by atoms with Crippen molar-refractivity contribution in [1.29, 1.82) is 0 Å². The molecule has 0 aromatic carbocycles. The lowest BCUT2D eigenvalue weighted by Crippen LogP contribution is -2.02. The van der Waals surface area contributed by atoms with Crippen molar-refractivity contribution in [3.8, 4) is 0 Å². The molecule has 0 radical (unpaired) electrons. The molecule has 6 heteroatoms. The van der Waals surface area contributed by atoms with Crippen LogP contribution in [0.25, 0.3) is 0 Å². The van der Waals surface area contributed by atoms with E-state index in [-0.39, 0.29) is 0 Å². The van der Waals surface area contributed by atoms with E-state index in [4.69, 9.17) is 20.4 Å². The molecule has 4 N–H and O–H groups in total. The van der Waals surface area contributed by atoms with Gasteiger partial charge in [0.15, 0.2) is 6.29 Å². The Morgan fingerprint density at radius 2 is 0.521 bits per heavy atom. The van der Waals surface area contributed by atoms with E-state index in [9.17, 15) is 9.59 Å². The molecule has 0 saturated heterocycles. The normalized spacial score (nSPS) is 10.8. The number of unbranched alkanes of at least 4 members (excludes halogenated alkanes) is 30. The number of aliphatic hydroxyl groups excluding tert-OH is 1. The first-order valence-electron chi connectivity index (χ1n) is 21.1. The van der Waals surface area contributed by atoms with Crippen LogP contribution in [0, 0.1) is 0 Å². The molecule has 0 aliphatic rings. The van der Waals surface area contributed by atoms with Gasteiger partial charge in [-0.1, -0.05) is 213 Å². The predicted molar refractivity (Wildman–Crippen MR) is 207 cm³/mol. The molecule has 48 heavy (non-hydrogen) atoms. The second-order valence-corrected chi connectivity index (χ2v) is 14.2. The molecule has 0 atom stereocenters. The molecule has 0 aromatic rings. The largest absolute Gasteiger partial charge is 0.481 e. The van der Waals surface area contributed by atoms with Crippen molar-refractivity contribution in [3.05, 3.63) is 0 Å². The van der Waals surface area contributed by atoms with Crippen LogP contribution in [0.5, 0.6) is 0 Å². The van der Waals surface area contributed by atoms with Crippen molar-refractivity contribution in [2.45, 2.75) is 258 Å². The van der Waals surface area contributed by atoms with E-state index < -0.39 is 18.2 Å². The fraction of sp³-hybridized carbons (Fsp3) is 0.952. The molecule has 0 rings (SSSR count). The Morgan fingerprint density at radius 1 is 0.333 bits per heavy atom. The van der Waals surface area contributed by atoms with E-state index in [1.54, 1.807) is 0 Å². The Hall–Kier alpha value is -1.14. The summed E-state index contributed by atoms with van der Waals surface area (Å²) >= 11 is 0. The van der Waals surface area contributed by atoms with Crippen molar-refractivity contribution in [1.82, 2.24) is 0 Å². The van der Waals surface area contributed by atoms with E-state index >= 15 is 0 Å². The minimum Gasteiger partial charge on any atom is -0.481 e. The zero-order valence-corrected chi connectivity index (χ0v) is 32.6. The van der Waals surface area contributed by atoms with Crippen LogP contribution in [0.15, 0.2) is 0 Å². The van der Waals surface area contributed by atoms with Crippen LogP contribution in [-0.2, 0) is 9.59 Å². The molecule has 0 fully saturated rings. The number of hydrogen-bond donors (Lipinski definition) is 4. The van der Waals surface area contributed by atoms with Gasteiger partial charge in [0.25, 0.3) is 0 Å². The quantitative estimate of drug-likeness (QED) is 0.0385. The van der Waals surface area contributed by atoms with E-state index in [2.05, 4.69) is 20.8 Å². The molecule has 0 bridgehead atoms. The van der Waals surface area contributed by atoms with Crippen LogP contribution >= 0.6 is 0 Å². The van der Waals surface area contributed by atoms with Crippen molar-refractivity contribution in [3.63, 3.8) is 0 Å². The number of hydrogen-bond acceptors (Lipinski definition) is 4. The zero-order valence-electron chi connectivity index (χ0n) is 32.6. The van der Waals surface area contributed by atoms with Crippen LogP contribution in [0.2, 0.25) is 0 Å². The Morgan fingerprint density at radius 3 is 0.708 bits per heavy atom. The summed E-state index contributed by atoms with van der Waals surface area (Å²) in [6, 6.07) is 0. The summed E-state index contributed by atoms with van der Waals surface area (Å²) in [4.78, 5) is 20.7. The molecular weight excluding hydrogens is 600 g/mol. The molecule has 0 heterocycles. The minimum atomic E-state index is -1.10. The second kappa shape index (κ2) is 48.0. The molecule has 0 unspecified atom stereocenters. The van der Waals surface area contributed by atoms with E-state index in [0.717, 1.165) is 44.9 Å². The number of carboxylic acids is 2. The van der Waals surface area contributed by atoms with Gasteiger partial charge in [0.1, 0.15) is 0 Å². The van der Waals surface area contributed by atoms with Crippen LogP contribution in [-0.4, -0.2) is 38.7 Å². The van der Waals surface area contributed by atoms with Gasteiger partial charge >= 0.3 is 11.9 Å². The van der Waals surface area contributed by atoms with E-state index in [1.807, 2.05) is 0 Å². The standard InChI is InChI=1S/2C18H36O2.C6H14O2/c2*1-2-3-4-5-6-7-8-9-10-11-12-13-14-15-16-17-18(19)20;1-2-3-4-5-6(7)8/h2*2-17H2,1H3,(H,19,20);6-8H,2-5H2,1H3. The molecular formula is C42H86O6. The summed E-state index contributed by atoms with van der Waals surface area (Å²) in [5.74, 6) is -1.31. The molecule has 0 aliphatic carbocycles. The van der Waals surface area contributed by atoms with Gasteiger partial charge in [-0.15, -0.1) is 0 Å². The lowest BCUT2D eigenvalue weighted by molar-refractivity contribution is -0.138. The average molecular weight is 687 g/mol. The average Bonchev–Trinajstić information content (AvgIpc) is 3.05. The number of aliphatic hydroxyl groups is 2. The fourth-order valence-corrected chi connectivity index (χ4v) is 5.87. The lowest BCUT2D eigenvalue weighted by Gasteiger charge is -2.03. The first-order chi connectivity index (χ1) is 23.3. The molecule has 0 saturated carbocycles. The van der Waals surface area contributed by atoms with Gasteiger partial charge in [0, 0.05) is 12.8 Å². The number of rotatable bonds is 36. The molecule has 6 nitrogen and oxygen atoms in total. The minimum absolute atomic E-state index is 0.345. The maximum atomic E-state index is 10.3. The predicted octanol–water partition coefficient (Wildman–Crippen LogP) is 13.5. The van der Waals surface area contributed by atoms with Crippen molar-refractivity contribution >= 4 is 11.9 Å². The maximum Gasteiger partial charge on any atom is 0.303 e. The van der Waals surface area contributed by atoms with Crippen LogP contribution in [0.4, 0.5) is 0 Å². The highest BCUT2D eigenvalue weighted by atomic mass is 16.5. The molecule has 0 aromatic heterocycles. The highest BCUT2D eigenvalue weighted by Crippen LogP contribution is 2.15. The third kappa shape index (κ3) is 60.2. The molecule has 0 aliphatic heterocycles. The fourth-order valence-electron chi connectivity index (χ4n) is 5.87. The highest BCUT2D eigenvalue weighted by Gasteiger charge is 1.99. The van der Waals surface area contributed by atoms with Gasteiger partial charge in [0.05, 0.1) is 0 Å². The number of carboxylic acid groups (broad SMARTS) is 2. The van der Waals surface area contributed by atoms with Gasteiger partial charge in [0.2, 0.25) is 0 Å². The second-order valence-electron chi connectivity index (χ2n) is 14.2. The summed E-state index contributed by atoms with van der Waals surface area (Å²) in [5, 5.41) is 33.7. The molecule has 0 spiro atoms. The van der Waals surface area contributed by atoms with Crippen molar-refractivity contribution in [2.75, 3.05) is 0 Å². The van der Waals surface area contributed by atoms with Crippen LogP contribution in [0.1, 0.15) is 252 Å². The Labute approximate surface area is 299 Å². The summed E-state index contributed by atoms with van der Waals surface area (Å²) in [7, 11) is 0. The van der Waals surface area contributed by atoms with Crippen molar-refractivity contribution < 1.29 is 30.0 Å². The van der Waals surface area contributed by atoms with Gasteiger partial charge in [-0.05, 0) is 25.7 Å². The summed E-state index contributed by atoms with van der Waals surface area (Å²) in [6.45, 7) is 6.63. The smallest absolute Gasteiger partial charge is 0.303 e. The Bertz CT molecular complexity index is 551. The van der Waals surface area contributed by atoms with Gasteiger partial charge < -0.3 is 20.4 Å². The zero-order chi connectivity index (χ0) is 36.2. The summed E-state index contributed by atoms with van der Waals surface area (Å²) < 4.78 is 0. The SMILES string of the molecule is CCCCCC(O)O.CCCCCCCCCCCCCCCCCC(=O)O.CCCCCCCCCCCCCCCCCC(=O)O. The first-order valence-corrected chi connectivity index (χ1v) is 21.1. The molecule has 290 valence electrons. The van der Waals surface area contributed by atoms with Gasteiger partial charge in [-0.2, -0.15) is 0 Å². The van der Waals surface area contributed by atoms with E-state index in [1.165, 1.54) is 167 Å². The van der Waals surface area contributed by atoms with Crippen LogP contribution < -0.4 is 0 Å². The van der Waals surface area contributed by atoms with E-state index in [0.29, 0.717) is 19.3 Å². The van der Waals surface area contributed by atoms with Crippen LogP contribution in [0.3, 0.4) is 0 Å².